The highest BCUT2D eigenvalue weighted by atomic mass is 16.2. The van der Waals surface area contributed by atoms with Gasteiger partial charge in [-0.3, -0.25) is 4.79 Å². The van der Waals surface area contributed by atoms with E-state index >= 15 is 0 Å². The molecule has 0 bridgehead atoms. The van der Waals surface area contributed by atoms with Crippen molar-refractivity contribution >= 4 is 17.7 Å². The number of hydrogen-bond acceptors (Lipinski definition) is 1. The highest BCUT2D eigenvalue weighted by molar-refractivity contribution is 6.05. The van der Waals surface area contributed by atoms with Gasteiger partial charge in [0.25, 0.3) is 0 Å². The summed E-state index contributed by atoms with van der Waals surface area (Å²) < 4.78 is 0. The van der Waals surface area contributed by atoms with E-state index in [1.54, 1.807) is 0 Å². The Morgan fingerprint density at radius 1 is 1.04 bits per heavy atom. The Balaban J connectivity index is 1.73. The molecule has 2 aromatic carbocycles. The monoisotopic (exact) mass is 354 g/mol. The molecule has 2 unspecified atom stereocenters. The number of amides is 1. The number of anilines is 1. The van der Waals surface area contributed by atoms with E-state index in [2.05, 4.69) is 72.7 Å². The first-order valence-corrected chi connectivity index (χ1v) is 9.42. The van der Waals surface area contributed by atoms with Crippen molar-refractivity contribution in [2.45, 2.75) is 31.6 Å². The third-order valence-corrected chi connectivity index (χ3v) is 6.06. The number of aryl methyl sites for hydroxylation is 2. The van der Waals surface area contributed by atoms with Crippen LogP contribution in [0.25, 0.3) is 6.08 Å². The zero-order chi connectivity index (χ0) is 18.6. The Labute approximate surface area is 159 Å². The lowest BCUT2D eigenvalue weighted by Crippen LogP contribution is -2.37. The van der Waals surface area contributed by atoms with Crippen LogP contribution in [0.2, 0.25) is 0 Å². The van der Waals surface area contributed by atoms with Crippen molar-refractivity contribution in [3.63, 3.8) is 0 Å². The van der Waals surface area contributed by atoms with Gasteiger partial charge in [-0.2, -0.15) is 0 Å². The number of carbonyl (C=O) groups excluding carboxylic acids is 1. The minimum atomic E-state index is -0.394. The van der Waals surface area contributed by atoms with Gasteiger partial charge < -0.3 is 10.3 Å². The Morgan fingerprint density at radius 3 is 2.63 bits per heavy atom. The number of nitrogens with one attached hydrogen (secondary N) is 2. The van der Waals surface area contributed by atoms with Crippen LogP contribution < -0.4 is 5.32 Å². The summed E-state index contributed by atoms with van der Waals surface area (Å²) in [5.74, 6) is -0.157. The maximum atomic E-state index is 13.2. The molecule has 0 saturated heterocycles. The smallest absolute Gasteiger partial charge is 0.233 e. The Morgan fingerprint density at radius 2 is 1.81 bits per heavy atom. The summed E-state index contributed by atoms with van der Waals surface area (Å²) in [4.78, 5) is 16.7. The summed E-state index contributed by atoms with van der Waals surface area (Å²) in [6.45, 7) is 4.22. The van der Waals surface area contributed by atoms with Crippen LogP contribution in [0.15, 0.2) is 60.7 Å². The van der Waals surface area contributed by atoms with Crippen molar-refractivity contribution in [3.05, 3.63) is 94.3 Å². The van der Waals surface area contributed by atoms with Crippen LogP contribution in [0.4, 0.5) is 5.69 Å². The molecule has 2 heterocycles. The fraction of sp³-hybridized carbons (Fsp3) is 0.208. The van der Waals surface area contributed by atoms with E-state index in [1.807, 2.05) is 18.2 Å². The first-order valence-electron chi connectivity index (χ1n) is 9.42. The second-order valence-electron chi connectivity index (χ2n) is 7.76. The number of benzene rings is 2. The third-order valence-electron chi connectivity index (χ3n) is 6.06. The lowest BCUT2D eigenvalue weighted by molar-refractivity contribution is -0.118. The standard InChI is InChI=1S/C24H22N2O/c1-15-13-16(2)25-21(15)14-24(12-11-17-7-3-5-9-19(17)24)22-18-8-4-6-10-20(18)26-23(22)27/h3-13,22,25H,14H2,1-2H3,(H,26,27). The van der Waals surface area contributed by atoms with Gasteiger partial charge in [0.15, 0.2) is 0 Å². The van der Waals surface area contributed by atoms with Gasteiger partial charge in [-0.25, -0.2) is 0 Å². The van der Waals surface area contributed by atoms with E-state index in [0.717, 1.165) is 23.4 Å². The summed E-state index contributed by atoms with van der Waals surface area (Å²) >= 11 is 0. The van der Waals surface area contributed by atoms with E-state index in [0.29, 0.717) is 0 Å². The average molecular weight is 354 g/mol. The molecule has 27 heavy (non-hydrogen) atoms. The highest BCUT2D eigenvalue weighted by Crippen LogP contribution is 2.52. The molecule has 5 rings (SSSR count). The summed E-state index contributed by atoms with van der Waals surface area (Å²) in [5, 5.41) is 3.10. The molecule has 1 amide bonds. The largest absolute Gasteiger partial charge is 0.362 e. The molecule has 2 N–H and O–H groups in total. The van der Waals surface area contributed by atoms with Gasteiger partial charge in [0.1, 0.15) is 0 Å². The zero-order valence-electron chi connectivity index (χ0n) is 15.5. The number of hydrogen-bond donors (Lipinski definition) is 2. The van der Waals surface area contributed by atoms with Crippen molar-refractivity contribution in [2.75, 3.05) is 5.32 Å². The number of fused-ring (bicyclic) bond motifs is 2. The van der Waals surface area contributed by atoms with Crippen LogP contribution >= 0.6 is 0 Å². The number of allylic oxidation sites excluding steroid dienone is 1. The lowest BCUT2D eigenvalue weighted by atomic mass is 9.66. The molecule has 0 radical (unpaired) electrons. The molecule has 134 valence electrons. The van der Waals surface area contributed by atoms with E-state index in [1.165, 1.54) is 22.4 Å². The maximum Gasteiger partial charge on any atom is 0.233 e. The molecule has 1 aliphatic carbocycles. The van der Waals surface area contributed by atoms with E-state index < -0.39 is 5.41 Å². The molecular formula is C24H22N2O. The average Bonchev–Trinajstić information content (AvgIpc) is 3.29. The van der Waals surface area contributed by atoms with Crippen LogP contribution in [0.5, 0.6) is 0 Å². The predicted molar refractivity (Wildman–Crippen MR) is 109 cm³/mol. The van der Waals surface area contributed by atoms with Gasteiger partial charge in [-0.05, 0) is 48.2 Å². The van der Waals surface area contributed by atoms with Crippen molar-refractivity contribution < 1.29 is 4.79 Å². The maximum absolute atomic E-state index is 13.2. The molecule has 0 spiro atoms. The molecule has 1 aliphatic heterocycles. The van der Waals surface area contributed by atoms with E-state index in [-0.39, 0.29) is 11.8 Å². The summed E-state index contributed by atoms with van der Waals surface area (Å²) in [7, 11) is 0. The second kappa shape index (κ2) is 5.71. The molecule has 3 heteroatoms. The Bertz CT molecular complexity index is 1090. The van der Waals surface area contributed by atoms with Gasteiger partial charge in [0.2, 0.25) is 5.91 Å². The fourth-order valence-corrected chi connectivity index (χ4v) is 4.88. The first-order chi connectivity index (χ1) is 13.1. The van der Waals surface area contributed by atoms with Gasteiger partial charge in [0, 0.05) is 28.9 Å². The topological polar surface area (TPSA) is 44.9 Å². The molecular weight excluding hydrogens is 332 g/mol. The van der Waals surface area contributed by atoms with E-state index in [4.69, 9.17) is 0 Å². The zero-order valence-corrected chi connectivity index (χ0v) is 15.5. The number of H-pyrrole nitrogens is 1. The minimum absolute atomic E-state index is 0.0819. The van der Waals surface area contributed by atoms with Gasteiger partial charge in [-0.15, -0.1) is 0 Å². The Kier molecular flexibility index (Phi) is 3.41. The first kappa shape index (κ1) is 16.1. The van der Waals surface area contributed by atoms with Gasteiger partial charge >= 0.3 is 0 Å². The SMILES string of the molecule is Cc1cc(C)c(CC2(C3C(=O)Nc4ccccc43)C=Cc3ccccc32)[nH]1. The molecule has 3 aromatic rings. The molecule has 3 nitrogen and oxygen atoms in total. The van der Waals surface area contributed by atoms with Crippen molar-refractivity contribution in [1.82, 2.24) is 4.98 Å². The van der Waals surface area contributed by atoms with Crippen molar-refractivity contribution in [1.29, 1.82) is 0 Å². The summed E-state index contributed by atoms with van der Waals surface area (Å²) in [5.41, 5.74) is 7.67. The van der Waals surface area contributed by atoms with Crippen LogP contribution in [0.1, 0.15) is 39.6 Å². The molecule has 2 aliphatic rings. The quantitative estimate of drug-likeness (QED) is 0.692. The molecule has 1 aromatic heterocycles. The fourth-order valence-electron chi connectivity index (χ4n) is 4.88. The number of para-hydroxylation sites is 1. The molecule has 2 atom stereocenters. The van der Waals surface area contributed by atoms with Crippen LogP contribution in [-0.2, 0) is 16.6 Å². The van der Waals surface area contributed by atoms with Crippen molar-refractivity contribution in [2.24, 2.45) is 0 Å². The minimum Gasteiger partial charge on any atom is -0.362 e. The lowest BCUT2D eigenvalue weighted by Gasteiger charge is -2.34. The second-order valence-corrected chi connectivity index (χ2v) is 7.76. The number of aromatic nitrogens is 1. The Hall–Kier alpha value is -3.07. The van der Waals surface area contributed by atoms with Gasteiger partial charge in [0.05, 0.1) is 5.92 Å². The predicted octanol–water partition coefficient (Wildman–Crippen LogP) is 4.87. The van der Waals surface area contributed by atoms with Crippen LogP contribution in [0.3, 0.4) is 0 Å². The number of aromatic amines is 1. The third kappa shape index (κ3) is 2.31. The molecule has 0 saturated carbocycles. The van der Waals surface area contributed by atoms with Crippen LogP contribution in [0, 0.1) is 13.8 Å². The number of carbonyl (C=O) groups is 1. The molecule has 0 fully saturated rings. The van der Waals surface area contributed by atoms with Gasteiger partial charge in [-0.1, -0.05) is 54.6 Å². The van der Waals surface area contributed by atoms with Crippen molar-refractivity contribution in [3.8, 4) is 0 Å². The normalized spacial score (nSPS) is 22.6. The van der Waals surface area contributed by atoms with Crippen LogP contribution in [-0.4, -0.2) is 10.9 Å². The highest BCUT2D eigenvalue weighted by Gasteiger charge is 2.50. The summed E-state index contributed by atoms with van der Waals surface area (Å²) in [6.07, 6.45) is 5.20. The van der Waals surface area contributed by atoms with E-state index in [9.17, 15) is 4.79 Å². The summed E-state index contributed by atoms with van der Waals surface area (Å²) in [6, 6.07) is 18.7. The number of rotatable bonds is 3.